The van der Waals surface area contributed by atoms with Crippen LogP contribution in [0.4, 0.5) is 0 Å². The molecule has 1 aromatic heterocycles. The second kappa shape index (κ2) is 4.89. The topological polar surface area (TPSA) is 70.8 Å². The molecule has 1 amide bonds. The number of piperidine rings is 1. The monoisotopic (exact) mass is 285 g/mol. The number of carboxylic acid groups (broad SMARTS) is 1. The molecule has 104 valence electrons. The summed E-state index contributed by atoms with van der Waals surface area (Å²) >= 11 is 5.64. The third-order valence-corrected chi connectivity index (χ3v) is 3.75. The lowest BCUT2D eigenvalue weighted by Crippen LogP contribution is -2.56. The second-order valence-corrected chi connectivity index (χ2v) is 5.81. The zero-order valence-electron chi connectivity index (χ0n) is 10.9. The molecule has 1 aromatic rings. The molecule has 0 saturated carbocycles. The zero-order valence-corrected chi connectivity index (χ0v) is 11.6. The SMILES string of the molecule is CC1(C)CCCN(C(=O)c2ccc(Cl)o2)C1C(=O)O. The molecule has 19 heavy (non-hydrogen) atoms. The third kappa shape index (κ3) is 2.61. The van der Waals surface area contributed by atoms with Crippen molar-refractivity contribution in [2.75, 3.05) is 6.54 Å². The van der Waals surface area contributed by atoms with Gasteiger partial charge in [-0.25, -0.2) is 4.79 Å². The molecule has 2 heterocycles. The maximum atomic E-state index is 12.3. The van der Waals surface area contributed by atoms with Crippen LogP contribution in [0.15, 0.2) is 16.5 Å². The predicted octanol–water partition coefficient (Wildman–Crippen LogP) is 2.65. The molecule has 1 aliphatic heterocycles. The van der Waals surface area contributed by atoms with Crippen LogP contribution in [0.3, 0.4) is 0 Å². The average molecular weight is 286 g/mol. The van der Waals surface area contributed by atoms with E-state index in [9.17, 15) is 14.7 Å². The van der Waals surface area contributed by atoms with Gasteiger partial charge in [-0.3, -0.25) is 4.79 Å². The Bertz CT molecular complexity index is 508. The van der Waals surface area contributed by atoms with E-state index in [1.54, 1.807) is 0 Å². The summed E-state index contributed by atoms with van der Waals surface area (Å²) in [6.45, 7) is 4.14. The van der Waals surface area contributed by atoms with Crippen molar-refractivity contribution >= 4 is 23.5 Å². The van der Waals surface area contributed by atoms with E-state index in [0.29, 0.717) is 6.54 Å². The molecule has 6 heteroatoms. The van der Waals surface area contributed by atoms with E-state index in [0.717, 1.165) is 12.8 Å². The summed E-state index contributed by atoms with van der Waals surface area (Å²) in [6.07, 6.45) is 1.55. The van der Waals surface area contributed by atoms with Gasteiger partial charge in [-0.05, 0) is 42.0 Å². The highest BCUT2D eigenvalue weighted by atomic mass is 35.5. The molecule has 0 bridgehead atoms. The van der Waals surface area contributed by atoms with Crippen molar-refractivity contribution in [2.45, 2.75) is 32.7 Å². The Morgan fingerprint density at radius 2 is 2.16 bits per heavy atom. The van der Waals surface area contributed by atoms with Crippen LogP contribution in [0, 0.1) is 5.41 Å². The van der Waals surface area contributed by atoms with E-state index < -0.39 is 23.3 Å². The summed E-state index contributed by atoms with van der Waals surface area (Å²) in [5.74, 6) is -1.34. The molecule has 2 rings (SSSR count). The Morgan fingerprint density at radius 1 is 1.47 bits per heavy atom. The molecular formula is C13H16ClNO4. The van der Waals surface area contributed by atoms with Crippen LogP contribution in [-0.2, 0) is 4.79 Å². The van der Waals surface area contributed by atoms with Gasteiger partial charge >= 0.3 is 5.97 Å². The largest absolute Gasteiger partial charge is 0.480 e. The van der Waals surface area contributed by atoms with Gasteiger partial charge in [-0.1, -0.05) is 13.8 Å². The number of aliphatic carboxylic acids is 1. The van der Waals surface area contributed by atoms with Gasteiger partial charge in [0.15, 0.2) is 11.0 Å². The van der Waals surface area contributed by atoms with Gasteiger partial charge < -0.3 is 14.4 Å². The lowest BCUT2D eigenvalue weighted by atomic mass is 9.76. The highest BCUT2D eigenvalue weighted by Gasteiger charge is 2.45. The van der Waals surface area contributed by atoms with E-state index in [1.165, 1.54) is 17.0 Å². The number of likely N-dealkylation sites (tertiary alicyclic amines) is 1. The van der Waals surface area contributed by atoms with Crippen LogP contribution in [-0.4, -0.2) is 34.5 Å². The number of hydrogen-bond acceptors (Lipinski definition) is 3. The summed E-state index contributed by atoms with van der Waals surface area (Å²) in [7, 11) is 0. The van der Waals surface area contributed by atoms with Crippen LogP contribution in [0.2, 0.25) is 5.22 Å². The van der Waals surface area contributed by atoms with Gasteiger partial charge in [0.25, 0.3) is 5.91 Å². The van der Waals surface area contributed by atoms with Gasteiger partial charge in [0.2, 0.25) is 0 Å². The standard InChI is InChI=1S/C13H16ClNO4/c1-13(2)6-3-7-15(10(13)12(17)18)11(16)8-4-5-9(14)19-8/h4-5,10H,3,6-7H2,1-2H3,(H,17,18). The maximum Gasteiger partial charge on any atom is 0.326 e. The Morgan fingerprint density at radius 3 is 2.68 bits per heavy atom. The Kier molecular flexibility index (Phi) is 3.58. The number of furan rings is 1. The minimum absolute atomic E-state index is 0.0777. The van der Waals surface area contributed by atoms with Gasteiger partial charge in [0, 0.05) is 6.54 Å². The van der Waals surface area contributed by atoms with Gasteiger partial charge in [-0.2, -0.15) is 0 Å². The highest BCUT2D eigenvalue weighted by Crippen LogP contribution is 2.36. The Balaban J connectivity index is 2.31. The van der Waals surface area contributed by atoms with Crippen molar-refractivity contribution < 1.29 is 19.1 Å². The van der Waals surface area contributed by atoms with Crippen molar-refractivity contribution in [3.63, 3.8) is 0 Å². The minimum Gasteiger partial charge on any atom is -0.480 e. The number of carboxylic acids is 1. The zero-order chi connectivity index (χ0) is 14.2. The first-order valence-corrected chi connectivity index (χ1v) is 6.50. The predicted molar refractivity (Wildman–Crippen MR) is 69.2 cm³/mol. The molecule has 1 saturated heterocycles. The fraction of sp³-hybridized carbons (Fsp3) is 0.538. The van der Waals surface area contributed by atoms with Crippen molar-refractivity contribution in [1.29, 1.82) is 0 Å². The molecule has 1 N–H and O–H groups in total. The Labute approximate surface area is 116 Å². The molecule has 0 aliphatic carbocycles. The van der Waals surface area contributed by atoms with Crippen molar-refractivity contribution in [3.8, 4) is 0 Å². The van der Waals surface area contributed by atoms with Crippen molar-refractivity contribution in [1.82, 2.24) is 4.90 Å². The number of halogens is 1. The second-order valence-electron chi connectivity index (χ2n) is 5.44. The fourth-order valence-electron chi connectivity index (χ4n) is 2.65. The van der Waals surface area contributed by atoms with Gasteiger partial charge in [-0.15, -0.1) is 0 Å². The molecule has 5 nitrogen and oxygen atoms in total. The molecule has 1 unspecified atom stereocenters. The third-order valence-electron chi connectivity index (χ3n) is 3.55. The first kappa shape index (κ1) is 13.9. The van der Waals surface area contributed by atoms with Crippen LogP contribution in [0.25, 0.3) is 0 Å². The van der Waals surface area contributed by atoms with Gasteiger partial charge in [0.1, 0.15) is 6.04 Å². The number of hydrogen-bond donors (Lipinski definition) is 1. The van der Waals surface area contributed by atoms with Gasteiger partial charge in [0.05, 0.1) is 0 Å². The molecule has 0 spiro atoms. The van der Waals surface area contributed by atoms with Crippen molar-refractivity contribution in [3.05, 3.63) is 23.1 Å². The highest BCUT2D eigenvalue weighted by molar-refractivity contribution is 6.29. The smallest absolute Gasteiger partial charge is 0.326 e. The summed E-state index contributed by atoms with van der Waals surface area (Å²) in [6, 6.07) is 2.09. The van der Waals surface area contributed by atoms with Crippen LogP contribution in [0.5, 0.6) is 0 Å². The van der Waals surface area contributed by atoms with Crippen LogP contribution >= 0.6 is 11.6 Å². The number of amides is 1. The number of carbonyl (C=O) groups is 2. The molecule has 0 radical (unpaired) electrons. The van der Waals surface area contributed by atoms with Crippen molar-refractivity contribution in [2.24, 2.45) is 5.41 Å². The first-order valence-electron chi connectivity index (χ1n) is 6.12. The molecule has 0 aromatic carbocycles. The minimum atomic E-state index is -0.990. The Hall–Kier alpha value is -1.49. The van der Waals surface area contributed by atoms with Crippen LogP contribution < -0.4 is 0 Å². The summed E-state index contributed by atoms with van der Waals surface area (Å²) < 4.78 is 5.08. The van der Waals surface area contributed by atoms with E-state index in [2.05, 4.69) is 0 Å². The molecular weight excluding hydrogens is 270 g/mol. The number of carbonyl (C=O) groups excluding carboxylic acids is 1. The summed E-state index contributed by atoms with van der Waals surface area (Å²) in [5.41, 5.74) is -0.462. The van der Waals surface area contributed by atoms with E-state index in [1.807, 2.05) is 13.8 Å². The summed E-state index contributed by atoms with van der Waals surface area (Å²) in [5, 5.41) is 9.51. The molecule has 1 aliphatic rings. The molecule has 1 fully saturated rings. The maximum absolute atomic E-state index is 12.3. The summed E-state index contributed by atoms with van der Waals surface area (Å²) in [4.78, 5) is 25.2. The first-order chi connectivity index (χ1) is 8.83. The van der Waals surface area contributed by atoms with Crippen LogP contribution in [0.1, 0.15) is 37.2 Å². The fourth-order valence-corrected chi connectivity index (χ4v) is 2.80. The number of nitrogens with zero attached hydrogens (tertiary/aromatic N) is 1. The quantitative estimate of drug-likeness (QED) is 0.907. The molecule has 1 atom stereocenters. The normalized spacial score (nSPS) is 22.3. The lowest BCUT2D eigenvalue weighted by molar-refractivity contribution is -0.148. The number of rotatable bonds is 2. The van der Waals surface area contributed by atoms with E-state index in [-0.39, 0.29) is 11.0 Å². The average Bonchev–Trinajstić information content (AvgIpc) is 2.72. The van der Waals surface area contributed by atoms with E-state index >= 15 is 0 Å². The van der Waals surface area contributed by atoms with E-state index in [4.69, 9.17) is 16.0 Å². The lowest BCUT2D eigenvalue weighted by Gasteiger charge is -2.43.